The molecule has 0 saturated heterocycles. The van der Waals surface area contributed by atoms with Crippen molar-refractivity contribution in [2.75, 3.05) is 7.05 Å². The van der Waals surface area contributed by atoms with Crippen LogP contribution >= 0.6 is 0 Å². The Morgan fingerprint density at radius 3 is 2.47 bits per heavy atom. The lowest BCUT2D eigenvalue weighted by atomic mass is 9.95. The molecular weight excluding hydrogens is 375 g/mol. The number of aromatic nitrogens is 1. The summed E-state index contributed by atoms with van der Waals surface area (Å²) in [5, 5.41) is 2.06. The molecule has 0 aliphatic heterocycles. The number of pyridine rings is 1. The van der Waals surface area contributed by atoms with Gasteiger partial charge >= 0.3 is 0 Å². The summed E-state index contributed by atoms with van der Waals surface area (Å²) in [4.78, 5) is 8.62. The molecule has 4 aromatic rings. The van der Waals surface area contributed by atoms with E-state index in [4.69, 9.17) is 4.42 Å². The number of halogens is 1. The highest BCUT2D eigenvalue weighted by atomic mass is 19.1. The molecule has 3 nitrogen and oxygen atoms in total. The van der Waals surface area contributed by atoms with E-state index < -0.39 is 0 Å². The van der Waals surface area contributed by atoms with Gasteiger partial charge < -0.3 is 4.42 Å². The zero-order chi connectivity index (χ0) is 21.3. The van der Waals surface area contributed by atoms with E-state index in [9.17, 15) is 4.39 Å². The third kappa shape index (κ3) is 3.69. The summed E-state index contributed by atoms with van der Waals surface area (Å²) in [7, 11) is 1.73. The van der Waals surface area contributed by atoms with Crippen LogP contribution in [0.3, 0.4) is 0 Å². The Labute approximate surface area is 175 Å². The quantitative estimate of drug-likeness (QED) is 0.276. The molecule has 0 N–H and O–H groups in total. The van der Waals surface area contributed by atoms with Gasteiger partial charge in [0.25, 0.3) is 0 Å². The maximum atomic E-state index is 13.4. The van der Waals surface area contributed by atoms with Crippen LogP contribution in [0.5, 0.6) is 0 Å². The molecule has 0 aliphatic rings. The van der Waals surface area contributed by atoms with Crippen molar-refractivity contribution in [2.45, 2.75) is 20.8 Å². The summed E-state index contributed by atoms with van der Waals surface area (Å²) < 4.78 is 19.6. The van der Waals surface area contributed by atoms with Crippen LogP contribution in [0, 0.1) is 19.7 Å². The van der Waals surface area contributed by atoms with Gasteiger partial charge in [0.2, 0.25) is 5.71 Å². The fourth-order valence-corrected chi connectivity index (χ4v) is 3.73. The van der Waals surface area contributed by atoms with E-state index >= 15 is 0 Å². The van der Waals surface area contributed by atoms with Gasteiger partial charge in [0.05, 0.1) is 0 Å². The molecule has 0 saturated carbocycles. The minimum absolute atomic E-state index is 0.256. The third-order valence-corrected chi connectivity index (χ3v) is 5.20. The molecule has 0 spiro atoms. The Balaban J connectivity index is 1.91. The van der Waals surface area contributed by atoms with E-state index in [2.05, 4.69) is 48.1 Å². The van der Waals surface area contributed by atoms with Crippen LogP contribution in [-0.4, -0.2) is 18.2 Å². The van der Waals surface area contributed by atoms with Crippen molar-refractivity contribution >= 4 is 39.4 Å². The number of aliphatic imine (C=N–C) groups is 1. The van der Waals surface area contributed by atoms with Crippen molar-refractivity contribution in [1.82, 2.24) is 4.98 Å². The zero-order valence-electron chi connectivity index (χ0n) is 17.5. The minimum Gasteiger partial charge on any atom is -0.437 e. The van der Waals surface area contributed by atoms with E-state index in [0.29, 0.717) is 5.71 Å². The summed E-state index contributed by atoms with van der Waals surface area (Å²) >= 11 is 0. The molecule has 2 heterocycles. The second kappa shape index (κ2) is 8.07. The number of allylic oxidation sites excluding steroid dienone is 4. The maximum Gasteiger partial charge on any atom is 0.227 e. The third-order valence-electron chi connectivity index (χ3n) is 5.20. The number of fused-ring (bicyclic) bond motifs is 3. The Morgan fingerprint density at radius 2 is 1.73 bits per heavy atom. The lowest BCUT2D eigenvalue weighted by Gasteiger charge is -2.09. The van der Waals surface area contributed by atoms with Gasteiger partial charge in [-0.05, 0) is 73.4 Å². The average Bonchev–Trinajstić information content (AvgIpc) is 3.08. The largest absolute Gasteiger partial charge is 0.437 e. The van der Waals surface area contributed by atoms with Crippen LogP contribution in [0.2, 0.25) is 0 Å². The molecule has 0 amide bonds. The number of furan rings is 1. The molecule has 2 aromatic carbocycles. The lowest BCUT2D eigenvalue weighted by molar-refractivity contribution is 0.627. The molecule has 0 radical (unpaired) electrons. The summed E-state index contributed by atoms with van der Waals surface area (Å²) in [6.45, 7) is 6.10. The van der Waals surface area contributed by atoms with Crippen molar-refractivity contribution in [2.24, 2.45) is 4.99 Å². The van der Waals surface area contributed by atoms with Crippen molar-refractivity contribution in [3.05, 3.63) is 88.9 Å². The van der Waals surface area contributed by atoms with Crippen molar-refractivity contribution < 1.29 is 8.81 Å². The molecule has 150 valence electrons. The molecule has 0 unspecified atom stereocenters. The number of hydrogen-bond acceptors (Lipinski definition) is 3. The Hall–Kier alpha value is -3.53. The first-order valence-electron chi connectivity index (χ1n) is 9.84. The van der Waals surface area contributed by atoms with Crippen LogP contribution < -0.4 is 0 Å². The van der Waals surface area contributed by atoms with Gasteiger partial charge in [-0.15, -0.1) is 0 Å². The van der Waals surface area contributed by atoms with Crippen molar-refractivity contribution in [3.63, 3.8) is 0 Å². The number of rotatable bonds is 4. The van der Waals surface area contributed by atoms with Crippen molar-refractivity contribution in [3.8, 4) is 0 Å². The molecule has 2 aromatic heterocycles. The van der Waals surface area contributed by atoms with Crippen LogP contribution in [0.15, 0.2) is 70.1 Å². The number of hydrogen-bond donors (Lipinski definition) is 0. The number of nitrogens with zero attached hydrogens (tertiary/aromatic N) is 2. The second-order valence-corrected chi connectivity index (χ2v) is 7.41. The molecule has 0 fully saturated rings. The van der Waals surface area contributed by atoms with Gasteiger partial charge in [0, 0.05) is 35.3 Å². The highest BCUT2D eigenvalue weighted by Gasteiger charge is 2.15. The first kappa shape index (κ1) is 19.8. The average molecular weight is 398 g/mol. The van der Waals surface area contributed by atoms with E-state index in [1.165, 1.54) is 12.1 Å². The van der Waals surface area contributed by atoms with Crippen molar-refractivity contribution in [1.29, 1.82) is 0 Å². The highest BCUT2D eigenvalue weighted by Crippen LogP contribution is 2.36. The predicted octanol–water partition coefficient (Wildman–Crippen LogP) is 6.92. The van der Waals surface area contributed by atoms with E-state index in [0.717, 1.165) is 49.9 Å². The summed E-state index contributed by atoms with van der Waals surface area (Å²) in [6, 6.07) is 14.7. The molecule has 0 bridgehead atoms. The smallest absolute Gasteiger partial charge is 0.227 e. The normalized spacial score (nSPS) is 13.1. The van der Waals surface area contributed by atoms with Crippen LogP contribution in [-0.2, 0) is 0 Å². The van der Waals surface area contributed by atoms with Crippen LogP contribution in [0.1, 0.15) is 29.3 Å². The fourth-order valence-electron chi connectivity index (χ4n) is 3.73. The first-order valence-corrected chi connectivity index (χ1v) is 9.84. The summed E-state index contributed by atoms with van der Waals surface area (Å²) in [6.07, 6.45) is 5.75. The van der Waals surface area contributed by atoms with Crippen LogP contribution in [0.25, 0.3) is 33.2 Å². The zero-order valence-corrected chi connectivity index (χ0v) is 17.5. The Bertz CT molecular complexity index is 1320. The molecule has 0 aliphatic carbocycles. The predicted molar refractivity (Wildman–Crippen MR) is 123 cm³/mol. The topological polar surface area (TPSA) is 38.4 Å². The summed E-state index contributed by atoms with van der Waals surface area (Å²) in [5.41, 5.74) is 7.49. The highest BCUT2D eigenvalue weighted by molar-refractivity contribution is 6.08. The number of aryl methyl sites for hydroxylation is 2. The Morgan fingerprint density at radius 1 is 1.00 bits per heavy atom. The molecule has 4 rings (SSSR count). The molecular formula is C26H23FN2O. The van der Waals surface area contributed by atoms with Gasteiger partial charge in [-0.25, -0.2) is 9.37 Å². The second-order valence-electron chi connectivity index (χ2n) is 7.41. The summed E-state index contributed by atoms with van der Waals surface area (Å²) in [5.74, 6) is -0.256. The van der Waals surface area contributed by atoms with E-state index in [1.54, 1.807) is 25.4 Å². The monoisotopic (exact) mass is 398 g/mol. The maximum absolute atomic E-state index is 13.4. The van der Waals surface area contributed by atoms with Gasteiger partial charge in [0.1, 0.15) is 11.4 Å². The van der Waals surface area contributed by atoms with Gasteiger partial charge in [-0.3, -0.25) is 4.99 Å². The van der Waals surface area contributed by atoms with Gasteiger partial charge in [0.15, 0.2) is 0 Å². The molecule has 0 atom stereocenters. The standard InChI is InChI=1S/C26H23FN2O/c1-16-5-11-22-23-12-6-18(3)29-26(23)30-25(22)24(16)17(2)15-20(13-14-28-4)19-7-9-21(27)10-8-19/h5-15H,1-4H3/b17-15+,20-13+,28-14?. The lowest BCUT2D eigenvalue weighted by Crippen LogP contribution is -1.90. The van der Waals surface area contributed by atoms with Crippen LogP contribution in [0.4, 0.5) is 4.39 Å². The molecule has 4 heteroatoms. The van der Waals surface area contributed by atoms with E-state index in [-0.39, 0.29) is 5.82 Å². The first-order chi connectivity index (χ1) is 14.5. The van der Waals surface area contributed by atoms with Gasteiger partial charge in [-0.1, -0.05) is 30.3 Å². The number of benzene rings is 2. The fraction of sp³-hybridized carbons (Fsp3) is 0.154. The molecule has 30 heavy (non-hydrogen) atoms. The minimum atomic E-state index is -0.256. The Kier molecular flexibility index (Phi) is 5.32. The SMILES string of the molecule is CN=C/C=C(\C=C(/C)c1c(C)ccc2c1oc1nc(C)ccc12)c1ccc(F)cc1. The van der Waals surface area contributed by atoms with E-state index in [1.807, 2.05) is 19.1 Å². The van der Waals surface area contributed by atoms with Gasteiger partial charge in [-0.2, -0.15) is 0 Å².